The molecule has 1 heterocycles. The van der Waals surface area contributed by atoms with Crippen LogP contribution >= 0.6 is 11.6 Å². The van der Waals surface area contributed by atoms with Crippen LogP contribution in [0.5, 0.6) is 11.6 Å². The van der Waals surface area contributed by atoms with E-state index in [0.29, 0.717) is 11.1 Å². The fourth-order valence-electron chi connectivity index (χ4n) is 1.81. The van der Waals surface area contributed by atoms with Gasteiger partial charge in [-0.05, 0) is 43.5 Å². The van der Waals surface area contributed by atoms with Crippen LogP contribution in [0.25, 0.3) is 0 Å². The quantitative estimate of drug-likeness (QED) is 0.489. The van der Waals surface area contributed by atoms with Crippen molar-refractivity contribution in [1.82, 2.24) is 9.97 Å². The maximum atomic E-state index is 11.1. The van der Waals surface area contributed by atoms with Crippen molar-refractivity contribution in [3.63, 3.8) is 0 Å². The van der Waals surface area contributed by atoms with E-state index in [1.165, 1.54) is 12.3 Å². The van der Waals surface area contributed by atoms with Crippen LogP contribution in [0.3, 0.4) is 0 Å². The van der Waals surface area contributed by atoms with Crippen molar-refractivity contribution < 1.29 is 9.66 Å². The molecule has 0 radical (unpaired) electrons. The number of hydrogen-bond donors (Lipinski definition) is 0. The molecule has 1 aromatic heterocycles. The fourth-order valence-corrected chi connectivity index (χ4v) is 1.93. The SMILES string of the molecule is Cc1cc(C)c(Oc2nc(Cl)ncc2C)c([N+](=O)[O-])c1. The summed E-state index contributed by atoms with van der Waals surface area (Å²) in [6, 6.07) is 3.26. The normalized spacial score (nSPS) is 10.4. The molecule has 0 amide bonds. The van der Waals surface area contributed by atoms with Crippen LogP contribution in [0.15, 0.2) is 18.3 Å². The fraction of sp³-hybridized carbons (Fsp3) is 0.231. The highest BCUT2D eigenvalue weighted by atomic mass is 35.5. The van der Waals surface area contributed by atoms with Gasteiger partial charge in [0, 0.05) is 17.8 Å². The van der Waals surface area contributed by atoms with Crippen molar-refractivity contribution >= 4 is 17.3 Å². The van der Waals surface area contributed by atoms with E-state index in [-0.39, 0.29) is 22.6 Å². The van der Waals surface area contributed by atoms with Gasteiger partial charge in [-0.3, -0.25) is 10.1 Å². The summed E-state index contributed by atoms with van der Waals surface area (Å²) in [5, 5.41) is 11.2. The van der Waals surface area contributed by atoms with Crippen LogP contribution in [0, 0.1) is 30.9 Å². The average molecular weight is 294 g/mol. The minimum atomic E-state index is -0.479. The number of rotatable bonds is 3. The third-order valence-corrected chi connectivity index (χ3v) is 2.87. The van der Waals surface area contributed by atoms with E-state index in [1.54, 1.807) is 26.8 Å². The number of hydrogen-bond acceptors (Lipinski definition) is 5. The molecule has 0 bridgehead atoms. The third-order valence-electron chi connectivity index (χ3n) is 2.69. The van der Waals surface area contributed by atoms with Crippen molar-refractivity contribution in [3.8, 4) is 11.6 Å². The van der Waals surface area contributed by atoms with Crippen molar-refractivity contribution in [2.75, 3.05) is 0 Å². The van der Waals surface area contributed by atoms with Crippen LogP contribution in [-0.2, 0) is 0 Å². The first kappa shape index (κ1) is 14.2. The summed E-state index contributed by atoms with van der Waals surface area (Å²) in [7, 11) is 0. The van der Waals surface area contributed by atoms with Gasteiger partial charge in [0.05, 0.1) is 4.92 Å². The number of aromatic nitrogens is 2. The Labute approximate surface area is 120 Å². The Bertz CT molecular complexity index is 689. The van der Waals surface area contributed by atoms with Gasteiger partial charge >= 0.3 is 5.69 Å². The Morgan fingerprint density at radius 3 is 2.60 bits per heavy atom. The van der Waals surface area contributed by atoms with E-state index in [1.807, 2.05) is 0 Å². The smallest absolute Gasteiger partial charge is 0.312 e. The molecule has 0 saturated carbocycles. The van der Waals surface area contributed by atoms with Gasteiger partial charge in [0.1, 0.15) is 0 Å². The molecule has 1 aromatic carbocycles. The molecule has 0 aliphatic carbocycles. The molecule has 0 aliphatic heterocycles. The molecular formula is C13H12ClN3O3. The van der Waals surface area contributed by atoms with Crippen molar-refractivity contribution in [2.45, 2.75) is 20.8 Å². The zero-order valence-electron chi connectivity index (χ0n) is 11.2. The number of halogens is 1. The van der Waals surface area contributed by atoms with Crippen LogP contribution < -0.4 is 4.74 Å². The van der Waals surface area contributed by atoms with E-state index in [2.05, 4.69) is 9.97 Å². The van der Waals surface area contributed by atoms with E-state index in [0.717, 1.165) is 5.56 Å². The minimum Gasteiger partial charge on any atom is -0.431 e. The summed E-state index contributed by atoms with van der Waals surface area (Å²) >= 11 is 5.71. The molecule has 20 heavy (non-hydrogen) atoms. The molecule has 6 nitrogen and oxygen atoms in total. The van der Waals surface area contributed by atoms with Crippen LogP contribution in [-0.4, -0.2) is 14.9 Å². The van der Waals surface area contributed by atoms with Crippen molar-refractivity contribution in [1.29, 1.82) is 0 Å². The second-order valence-corrected chi connectivity index (χ2v) is 4.75. The van der Waals surface area contributed by atoms with Gasteiger partial charge in [-0.2, -0.15) is 4.98 Å². The highest BCUT2D eigenvalue weighted by molar-refractivity contribution is 6.28. The molecule has 0 aliphatic rings. The number of nitro groups is 1. The summed E-state index contributed by atoms with van der Waals surface area (Å²) in [6.07, 6.45) is 1.50. The van der Waals surface area contributed by atoms with Crippen LogP contribution in [0.1, 0.15) is 16.7 Å². The maximum absolute atomic E-state index is 11.1. The largest absolute Gasteiger partial charge is 0.431 e. The number of benzene rings is 1. The second kappa shape index (κ2) is 5.42. The third kappa shape index (κ3) is 2.85. The van der Waals surface area contributed by atoms with E-state index in [9.17, 15) is 10.1 Å². The first-order valence-electron chi connectivity index (χ1n) is 5.81. The summed E-state index contributed by atoms with van der Waals surface area (Å²) in [5.41, 5.74) is 1.99. The minimum absolute atomic E-state index is 0.0259. The summed E-state index contributed by atoms with van der Waals surface area (Å²) < 4.78 is 5.59. The van der Waals surface area contributed by atoms with E-state index >= 15 is 0 Å². The van der Waals surface area contributed by atoms with Crippen LogP contribution in [0.4, 0.5) is 5.69 Å². The summed E-state index contributed by atoms with van der Waals surface area (Å²) in [5.74, 6) is 0.374. The predicted octanol–water partition coefficient (Wildman–Crippen LogP) is 3.76. The van der Waals surface area contributed by atoms with Gasteiger partial charge in [-0.1, -0.05) is 6.07 Å². The molecule has 0 fully saturated rings. The van der Waals surface area contributed by atoms with Gasteiger partial charge in [-0.25, -0.2) is 4.98 Å². The number of nitro benzene ring substituents is 1. The van der Waals surface area contributed by atoms with Crippen molar-refractivity contribution in [2.24, 2.45) is 0 Å². The standard InChI is InChI=1S/C13H12ClN3O3/c1-7-4-8(2)11(10(5-7)17(18)19)20-12-9(3)6-15-13(14)16-12/h4-6H,1-3H3. The van der Waals surface area contributed by atoms with Crippen LogP contribution in [0.2, 0.25) is 5.28 Å². The Kier molecular flexibility index (Phi) is 3.85. The molecule has 0 N–H and O–H groups in total. The first-order valence-corrected chi connectivity index (χ1v) is 6.19. The van der Waals surface area contributed by atoms with E-state index < -0.39 is 4.92 Å². The highest BCUT2D eigenvalue weighted by Crippen LogP contribution is 2.36. The summed E-state index contributed by atoms with van der Waals surface area (Å²) in [6.45, 7) is 5.27. The topological polar surface area (TPSA) is 78.2 Å². The monoisotopic (exact) mass is 293 g/mol. The van der Waals surface area contributed by atoms with Gasteiger partial charge < -0.3 is 4.74 Å². The number of ether oxygens (including phenoxy) is 1. The van der Waals surface area contributed by atoms with Gasteiger partial charge in [0.25, 0.3) is 0 Å². The Hall–Kier alpha value is -2.21. The van der Waals surface area contributed by atoms with Gasteiger partial charge in [0.15, 0.2) is 0 Å². The lowest BCUT2D eigenvalue weighted by Gasteiger charge is -2.11. The second-order valence-electron chi connectivity index (χ2n) is 4.42. The zero-order chi connectivity index (χ0) is 14.9. The predicted molar refractivity (Wildman–Crippen MR) is 74.4 cm³/mol. The number of nitrogens with zero attached hydrogens (tertiary/aromatic N) is 3. The molecule has 0 spiro atoms. The lowest BCUT2D eigenvalue weighted by atomic mass is 10.1. The Morgan fingerprint density at radius 2 is 1.95 bits per heavy atom. The van der Waals surface area contributed by atoms with E-state index in [4.69, 9.17) is 16.3 Å². The molecule has 104 valence electrons. The van der Waals surface area contributed by atoms with Crippen molar-refractivity contribution in [3.05, 3.63) is 50.4 Å². The zero-order valence-corrected chi connectivity index (χ0v) is 11.9. The Balaban J connectivity index is 2.53. The first-order chi connectivity index (χ1) is 9.38. The molecular weight excluding hydrogens is 282 g/mol. The van der Waals surface area contributed by atoms with Gasteiger partial charge in [-0.15, -0.1) is 0 Å². The molecule has 0 saturated heterocycles. The molecule has 0 atom stereocenters. The highest BCUT2D eigenvalue weighted by Gasteiger charge is 2.20. The molecule has 2 rings (SSSR count). The Morgan fingerprint density at radius 1 is 1.25 bits per heavy atom. The van der Waals surface area contributed by atoms with Gasteiger partial charge in [0.2, 0.25) is 16.9 Å². The molecule has 2 aromatic rings. The lowest BCUT2D eigenvalue weighted by Crippen LogP contribution is -2.00. The maximum Gasteiger partial charge on any atom is 0.312 e. The number of aryl methyl sites for hydroxylation is 3. The molecule has 7 heteroatoms. The average Bonchev–Trinajstić information content (AvgIpc) is 2.36. The lowest BCUT2D eigenvalue weighted by molar-refractivity contribution is -0.385. The summed E-state index contributed by atoms with van der Waals surface area (Å²) in [4.78, 5) is 18.4. The molecule has 0 unspecified atom stereocenters.